The van der Waals surface area contributed by atoms with E-state index >= 15 is 0 Å². The van der Waals surface area contributed by atoms with Gasteiger partial charge in [0, 0.05) is 17.2 Å². The van der Waals surface area contributed by atoms with Gasteiger partial charge in [-0.2, -0.15) is 0 Å². The molecule has 1 aromatic carbocycles. The third kappa shape index (κ3) is 1.77. The van der Waals surface area contributed by atoms with Gasteiger partial charge in [-0.05, 0) is 18.3 Å². The highest BCUT2D eigenvalue weighted by atomic mass is 35.5. The van der Waals surface area contributed by atoms with Crippen molar-refractivity contribution in [3.63, 3.8) is 0 Å². The van der Waals surface area contributed by atoms with Gasteiger partial charge >= 0.3 is 0 Å². The molecule has 4 rings (SSSR count). The lowest BCUT2D eigenvalue weighted by molar-refractivity contribution is -0.385. The number of amides is 2. The summed E-state index contributed by atoms with van der Waals surface area (Å²) in [5.74, 6) is -2.65. The molecule has 2 aliphatic carbocycles. The summed E-state index contributed by atoms with van der Waals surface area (Å²) in [6.45, 7) is 0. The van der Waals surface area contributed by atoms with Crippen molar-refractivity contribution in [3.8, 4) is 5.75 Å². The van der Waals surface area contributed by atoms with Crippen molar-refractivity contribution < 1.29 is 19.6 Å². The standard InChI is InChI=1S/C15H11ClN2O5/c16-9-4-8(18(22)23)5-10(13(9)19)17-14(20)11-6-1-2-7(3-6)12(11)15(17)21/h1-2,4-7,11-12,19H,3H2/p-1/t6-,7-,11-,12+/m1/s1. The normalized spacial score (nSPS) is 31.1. The Bertz CT molecular complexity index is 775. The molecular formula is C15H10ClN2O5-. The van der Waals surface area contributed by atoms with Gasteiger partial charge in [0.2, 0.25) is 11.8 Å². The maximum atomic E-state index is 12.7. The van der Waals surface area contributed by atoms with E-state index in [9.17, 15) is 24.8 Å². The number of allylic oxidation sites excluding steroid dienone is 2. The van der Waals surface area contributed by atoms with E-state index < -0.39 is 40.0 Å². The van der Waals surface area contributed by atoms with Gasteiger partial charge in [0.05, 0.1) is 22.4 Å². The van der Waals surface area contributed by atoms with Crippen LogP contribution in [0.25, 0.3) is 0 Å². The van der Waals surface area contributed by atoms with E-state index in [0.29, 0.717) is 0 Å². The first kappa shape index (κ1) is 14.2. The van der Waals surface area contributed by atoms with Gasteiger partial charge in [0.25, 0.3) is 5.69 Å². The number of halogens is 1. The van der Waals surface area contributed by atoms with Crippen molar-refractivity contribution >= 4 is 34.8 Å². The molecule has 7 nitrogen and oxygen atoms in total. The molecule has 0 N–H and O–H groups in total. The van der Waals surface area contributed by atoms with Crippen molar-refractivity contribution in [1.29, 1.82) is 0 Å². The smallest absolute Gasteiger partial charge is 0.272 e. The van der Waals surface area contributed by atoms with Crippen LogP contribution in [0.4, 0.5) is 11.4 Å². The second-order valence-corrected chi connectivity index (χ2v) is 6.45. The summed E-state index contributed by atoms with van der Waals surface area (Å²) in [5, 5.41) is 22.8. The monoisotopic (exact) mass is 333 g/mol. The van der Waals surface area contributed by atoms with Gasteiger partial charge in [-0.15, -0.1) is 0 Å². The molecule has 1 saturated carbocycles. The fourth-order valence-electron chi connectivity index (χ4n) is 3.98. The molecule has 2 amide bonds. The quantitative estimate of drug-likeness (QED) is 0.354. The second kappa shape index (κ2) is 4.55. The largest absolute Gasteiger partial charge is 0.870 e. The summed E-state index contributed by atoms with van der Waals surface area (Å²) in [7, 11) is 0. The predicted octanol–water partition coefficient (Wildman–Crippen LogP) is 1.63. The van der Waals surface area contributed by atoms with Crippen molar-refractivity contribution in [2.45, 2.75) is 6.42 Å². The number of imide groups is 1. The number of carbonyl (C=O) groups excluding carboxylic acids is 2. The number of anilines is 1. The summed E-state index contributed by atoms with van der Waals surface area (Å²) in [5.41, 5.74) is -0.753. The summed E-state index contributed by atoms with van der Waals surface area (Å²) in [6, 6.07) is 1.87. The lowest BCUT2D eigenvalue weighted by Crippen LogP contribution is -2.33. The van der Waals surface area contributed by atoms with Crippen LogP contribution in [0.2, 0.25) is 5.02 Å². The Morgan fingerprint density at radius 2 is 1.70 bits per heavy atom. The zero-order valence-corrected chi connectivity index (χ0v) is 12.4. The molecule has 23 heavy (non-hydrogen) atoms. The lowest BCUT2D eigenvalue weighted by Gasteiger charge is -2.23. The molecule has 0 radical (unpaired) electrons. The van der Waals surface area contributed by atoms with E-state index in [0.717, 1.165) is 23.5 Å². The Kier molecular flexibility index (Phi) is 2.81. The maximum Gasteiger partial charge on any atom is 0.272 e. The third-order valence-electron chi connectivity index (χ3n) is 4.93. The SMILES string of the molecule is O=C1[C@@H]2[C@H](C(=O)N1c1cc([N+](=O)[O-])cc(Cl)c1[O-])[C@@H]1C=C[C@@H]2C1. The number of non-ortho nitro benzene ring substituents is 1. The molecule has 0 aromatic heterocycles. The molecular weight excluding hydrogens is 324 g/mol. The molecule has 2 bridgehead atoms. The van der Waals surface area contributed by atoms with E-state index in [4.69, 9.17) is 11.6 Å². The minimum atomic E-state index is -0.751. The van der Waals surface area contributed by atoms with Crippen LogP contribution in [0.15, 0.2) is 24.3 Å². The van der Waals surface area contributed by atoms with Crippen LogP contribution < -0.4 is 10.0 Å². The number of benzene rings is 1. The Morgan fingerprint density at radius 1 is 1.13 bits per heavy atom. The van der Waals surface area contributed by atoms with Crippen LogP contribution in [0.1, 0.15) is 6.42 Å². The van der Waals surface area contributed by atoms with Gasteiger partial charge < -0.3 is 5.11 Å². The molecule has 118 valence electrons. The van der Waals surface area contributed by atoms with Gasteiger partial charge in [-0.1, -0.05) is 29.5 Å². The molecule has 4 atom stereocenters. The first-order chi connectivity index (χ1) is 10.9. The molecule has 0 spiro atoms. The Labute approximate surface area is 135 Å². The third-order valence-corrected chi connectivity index (χ3v) is 5.21. The van der Waals surface area contributed by atoms with Gasteiger partial charge in [0.1, 0.15) is 0 Å². The molecule has 1 saturated heterocycles. The first-order valence-corrected chi connectivity index (χ1v) is 7.49. The highest BCUT2D eigenvalue weighted by molar-refractivity contribution is 6.33. The number of nitrogens with zero attached hydrogens (tertiary/aromatic N) is 2. The number of nitro groups is 1. The number of nitro benzene ring substituents is 1. The Balaban J connectivity index is 1.82. The topological polar surface area (TPSA) is 104 Å². The molecule has 3 aliphatic rings. The first-order valence-electron chi connectivity index (χ1n) is 7.11. The number of carbonyl (C=O) groups is 2. The zero-order valence-electron chi connectivity index (χ0n) is 11.6. The number of hydrogen-bond donors (Lipinski definition) is 0. The summed E-state index contributed by atoms with van der Waals surface area (Å²) in [4.78, 5) is 36.3. The summed E-state index contributed by atoms with van der Waals surface area (Å²) >= 11 is 5.75. The Morgan fingerprint density at radius 3 is 2.22 bits per heavy atom. The van der Waals surface area contributed by atoms with Crippen molar-refractivity contribution in [1.82, 2.24) is 0 Å². The minimum absolute atomic E-state index is 0.00396. The van der Waals surface area contributed by atoms with E-state index in [1.165, 1.54) is 0 Å². The fourth-order valence-corrected chi connectivity index (χ4v) is 4.18. The molecule has 8 heteroatoms. The number of rotatable bonds is 2. The molecule has 1 aromatic rings. The number of fused-ring (bicyclic) bond motifs is 5. The second-order valence-electron chi connectivity index (χ2n) is 6.04. The van der Waals surface area contributed by atoms with Crippen LogP contribution in [0, 0.1) is 33.8 Å². The van der Waals surface area contributed by atoms with Crippen LogP contribution in [0.3, 0.4) is 0 Å². The van der Waals surface area contributed by atoms with E-state index in [2.05, 4.69) is 0 Å². The van der Waals surface area contributed by atoms with Gasteiger partial charge in [-0.3, -0.25) is 24.6 Å². The van der Waals surface area contributed by atoms with Crippen LogP contribution >= 0.6 is 11.6 Å². The van der Waals surface area contributed by atoms with Crippen LogP contribution in [0.5, 0.6) is 5.75 Å². The van der Waals surface area contributed by atoms with Crippen LogP contribution in [-0.4, -0.2) is 16.7 Å². The zero-order chi connectivity index (χ0) is 16.5. The van der Waals surface area contributed by atoms with Crippen molar-refractivity contribution in [3.05, 3.63) is 39.4 Å². The maximum absolute atomic E-state index is 12.7. The summed E-state index contributed by atoms with van der Waals surface area (Å²) < 4.78 is 0. The average molecular weight is 334 g/mol. The molecule has 2 fully saturated rings. The van der Waals surface area contributed by atoms with Crippen LogP contribution in [-0.2, 0) is 9.59 Å². The van der Waals surface area contributed by atoms with E-state index in [1.807, 2.05) is 12.2 Å². The molecule has 1 heterocycles. The lowest BCUT2D eigenvalue weighted by atomic mass is 9.85. The highest BCUT2D eigenvalue weighted by Gasteiger charge is 2.59. The Hall–Kier alpha value is -2.41. The predicted molar refractivity (Wildman–Crippen MR) is 77.8 cm³/mol. The minimum Gasteiger partial charge on any atom is -0.870 e. The summed E-state index contributed by atoms with van der Waals surface area (Å²) in [6.07, 6.45) is 4.62. The van der Waals surface area contributed by atoms with E-state index in [1.54, 1.807) is 0 Å². The van der Waals surface area contributed by atoms with E-state index in [-0.39, 0.29) is 22.5 Å². The van der Waals surface area contributed by atoms with Crippen molar-refractivity contribution in [2.24, 2.45) is 23.7 Å². The average Bonchev–Trinajstić information content (AvgIpc) is 3.17. The van der Waals surface area contributed by atoms with Gasteiger partial charge in [-0.25, -0.2) is 0 Å². The van der Waals surface area contributed by atoms with Crippen molar-refractivity contribution in [2.75, 3.05) is 4.90 Å². The fraction of sp³-hybridized carbons (Fsp3) is 0.333. The number of hydrogen-bond acceptors (Lipinski definition) is 5. The molecule has 1 aliphatic heterocycles. The molecule has 0 unspecified atom stereocenters. The highest BCUT2D eigenvalue weighted by Crippen LogP contribution is 2.54. The van der Waals surface area contributed by atoms with Gasteiger partial charge in [0.15, 0.2) is 0 Å².